The summed E-state index contributed by atoms with van der Waals surface area (Å²) >= 11 is 2.89. The quantitative estimate of drug-likeness (QED) is 0.576. The molecule has 6 nitrogen and oxygen atoms in total. The average Bonchev–Trinajstić information content (AvgIpc) is 3.47. The molecule has 1 N–H and O–H groups in total. The van der Waals surface area contributed by atoms with Crippen LogP contribution in [0.5, 0.6) is 0 Å². The number of fused-ring (bicyclic) bond motifs is 3. The molecular weight excluding hydrogens is 452 g/mol. The highest BCUT2D eigenvalue weighted by molar-refractivity contribution is 8.15. The van der Waals surface area contributed by atoms with Crippen molar-refractivity contribution < 1.29 is 9.59 Å². The zero-order valence-corrected chi connectivity index (χ0v) is 19.6. The Morgan fingerprint density at radius 2 is 1.91 bits per heavy atom. The molecule has 0 saturated heterocycles. The highest BCUT2D eigenvalue weighted by Gasteiger charge is 2.42. The van der Waals surface area contributed by atoms with Crippen molar-refractivity contribution in [2.75, 3.05) is 0 Å². The van der Waals surface area contributed by atoms with E-state index < -0.39 is 11.3 Å². The van der Waals surface area contributed by atoms with Crippen LogP contribution in [0.15, 0.2) is 82.1 Å². The highest BCUT2D eigenvalue weighted by atomic mass is 32.2. The Bertz CT molecular complexity index is 1240. The summed E-state index contributed by atoms with van der Waals surface area (Å²) in [6.45, 7) is 2.32. The number of hydrogen-bond acceptors (Lipinski definition) is 6. The van der Waals surface area contributed by atoms with Crippen LogP contribution in [-0.2, 0) is 22.6 Å². The van der Waals surface area contributed by atoms with Gasteiger partial charge >= 0.3 is 0 Å². The zero-order chi connectivity index (χ0) is 22.8. The van der Waals surface area contributed by atoms with Gasteiger partial charge in [-0.2, -0.15) is 0 Å². The summed E-state index contributed by atoms with van der Waals surface area (Å²) in [6, 6.07) is 21.0. The van der Waals surface area contributed by atoms with Crippen molar-refractivity contribution in [2.45, 2.75) is 31.2 Å². The lowest BCUT2D eigenvalue weighted by atomic mass is 10.1. The normalized spacial score (nSPS) is 17.7. The van der Waals surface area contributed by atoms with Crippen molar-refractivity contribution in [3.8, 4) is 0 Å². The van der Waals surface area contributed by atoms with Gasteiger partial charge in [0.15, 0.2) is 5.17 Å². The van der Waals surface area contributed by atoms with Crippen molar-refractivity contribution in [3.63, 3.8) is 0 Å². The smallest absolute Gasteiger partial charge is 0.259 e. The lowest BCUT2D eigenvalue weighted by molar-refractivity contribution is -0.124. The molecular formula is C25H22N4O2S2. The van der Waals surface area contributed by atoms with Crippen LogP contribution in [0.2, 0.25) is 0 Å². The summed E-state index contributed by atoms with van der Waals surface area (Å²) in [6.07, 6.45) is 0.524. The second-order valence-corrected chi connectivity index (χ2v) is 10.1. The topological polar surface area (TPSA) is 74.1 Å². The number of para-hydroxylation sites is 1. The van der Waals surface area contributed by atoms with E-state index in [1.54, 1.807) is 16.2 Å². The van der Waals surface area contributed by atoms with E-state index in [-0.39, 0.29) is 11.8 Å². The molecule has 0 unspecified atom stereocenters. The van der Waals surface area contributed by atoms with Crippen LogP contribution in [0.3, 0.4) is 0 Å². The van der Waals surface area contributed by atoms with Gasteiger partial charge in [-0.25, -0.2) is 9.89 Å². The molecule has 0 fully saturated rings. The van der Waals surface area contributed by atoms with Crippen LogP contribution < -0.4 is 5.32 Å². The summed E-state index contributed by atoms with van der Waals surface area (Å²) in [7, 11) is 0. The van der Waals surface area contributed by atoms with E-state index in [1.165, 1.54) is 11.8 Å². The monoisotopic (exact) mass is 474 g/mol. The van der Waals surface area contributed by atoms with Gasteiger partial charge in [-0.05, 0) is 36.1 Å². The lowest BCUT2D eigenvalue weighted by Gasteiger charge is -2.26. The predicted octanol–water partition coefficient (Wildman–Crippen LogP) is 4.39. The Hall–Kier alpha value is -3.23. The second-order valence-electron chi connectivity index (χ2n) is 7.80. The molecule has 1 aromatic heterocycles. The van der Waals surface area contributed by atoms with Crippen molar-refractivity contribution in [2.24, 2.45) is 9.98 Å². The predicted molar refractivity (Wildman–Crippen MR) is 134 cm³/mol. The van der Waals surface area contributed by atoms with Gasteiger partial charge in [0.2, 0.25) is 5.91 Å². The fourth-order valence-corrected chi connectivity index (χ4v) is 5.38. The fraction of sp³-hybridized carbons (Fsp3) is 0.200. The number of thiophene rings is 1. The molecule has 2 aliphatic rings. The lowest BCUT2D eigenvalue weighted by Crippen LogP contribution is -2.43. The van der Waals surface area contributed by atoms with Crippen LogP contribution in [0.1, 0.15) is 22.9 Å². The Labute approximate surface area is 200 Å². The number of rotatable bonds is 6. The van der Waals surface area contributed by atoms with Crippen molar-refractivity contribution >= 4 is 51.6 Å². The largest absolute Gasteiger partial charge is 0.350 e. The van der Waals surface area contributed by atoms with Gasteiger partial charge < -0.3 is 5.32 Å². The minimum Gasteiger partial charge on any atom is -0.350 e. The molecule has 2 amide bonds. The molecule has 33 heavy (non-hydrogen) atoms. The number of amidine groups is 2. The summed E-state index contributed by atoms with van der Waals surface area (Å²) in [5, 5.41) is 5.03. The summed E-state index contributed by atoms with van der Waals surface area (Å²) in [5.41, 5.74) is 2.65. The number of hydrogen-bond donors (Lipinski definition) is 1. The van der Waals surface area contributed by atoms with Gasteiger partial charge in [0.25, 0.3) is 5.91 Å². The second kappa shape index (κ2) is 9.33. The van der Waals surface area contributed by atoms with Gasteiger partial charge in [-0.1, -0.05) is 60.3 Å². The van der Waals surface area contributed by atoms with Gasteiger partial charge in [-0.3, -0.25) is 14.6 Å². The first-order valence-corrected chi connectivity index (χ1v) is 12.5. The summed E-state index contributed by atoms with van der Waals surface area (Å²) in [5.74, 6) is 0.405. The van der Waals surface area contributed by atoms with E-state index >= 15 is 0 Å². The Morgan fingerprint density at radius 1 is 1.12 bits per heavy atom. The molecule has 2 atom stereocenters. The molecule has 8 heteroatoms. The van der Waals surface area contributed by atoms with E-state index in [0.29, 0.717) is 24.0 Å². The third-order valence-electron chi connectivity index (χ3n) is 5.49. The number of carbonyl (C=O) groups is 2. The molecule has 0 bridgehead atoms. The van der Waals surface area contributed by atoms with Crippen LogP contribution in [0.4, 0.5) is 5.69 Å². The zero-order valence-electron chi connectivity index (χ0n) is 18.0. The molecule has 2 aliphatic heterocycles. The third-order valence-corrected chi connectivity index (χ3v) is 7.42. The van der Waals surface area contributed by atoms with Gasteiger partial charge in [0.1, 0.15) is 11.9 Å². The summed E-state index contributed by atoms with van der Waals surface area (Å²) in [4.78, 5) is 38.4. The molecule has 3 aromatic rings. The standard InChI is InChI=1S/C25H22N4O2S2/c1-16(23(30)26-15-18-10-7-13-32-18)33-25-28-20-12-6-5-11-19(20)22-27-21(24(31)29(22)25)14-17-8-3-2-4-9-17/h2-13,16,21H,14-15H2,1H3,(H,26,30)/t16-,21-/m0/s1. The minimum atomic E-state index is -0.512. The SMILES string of the molecule is C[C@H](SC1=Nc2ccccc2C2=N[C@@H](Cc3ccccc3)C(=O)N12)C(=O)NCc1cccs1. The van der Waals surface area contributed by atoms with E-state index in [1.807, 2.05) is 79.0 Å². The van der Waals surface area contributed by atoms with Gasteiger partial charge in [0.05, 0.1) is 17.5 Å². The Kier molecular flexibility index (Phi) is 6.11. The maximum absolute atomic E-state index is 13.4. The third kappa shape index (κ3) is 4.49. The number of benzene rings is 2. The number of amides is 2. The van der Waals surface area contributed by atoms with Crippen LogP contribution in [-0.4, -0.2) is 39.0 Å². The van der Waals surface area contributed by atoms with E-state index in [9.17, 15) is 9.59 Å². The first-order chi connectivity index (χ1) is 16.1. The number of nitrogens with one attached hydrogen (secondary N) is 1. The summed E-state index contributed by atoms with van der Waals surface area (Å²) < 4.78 is 0. The van der Waals surface area contributed by atoms with Crippen LogP contribution in [0, 0.1) is 0 Å². The fourth-order valence-electron chi connectivity index (χ4n) is 3.79. The molecule has 0 saturated carbocycles. The molecule has 2 aromatic carbocycles. The first-order valence-electron chi connectivity index (χ1n) is 10.7. The minimum absolute atomic E-state index is 0.0964. The average molecular weight is 475 g/mol. The van der Waals surface area contributed by atoms with Gasteiger partial charge in [0, 0.05) is 16.9 Å². The van der Waals surface area contributed by atoms with Gasteiger partial charge in [-0.15, -0.1) is 11.3 Å². The molecule has 0 spiro atoms. The molecule has 166 valence electrons. The van der Waals surface area contributed by atoms with E-state index in [4.69, 9.17) is 9.98 Å². The molecule has 5 rings (SSSR count). The number of aliphatic imine (C=N–C) groups is 2. The maximum atomic E-state index is 13.4. The number of carbonyl (C=O) groups excluding carboxylic acids is 2. The van der Waals surface area contributed by atoms with Crippen molar-refractivity contribution in [1.29, 1.82) is 0 Å². The highest BCUT2D eigenvalue weighted by Crippen LogP contribution is 2.35. The maximum Gasteiger partial charge on any atom is 0.259 e. The molecule has 3 heterocycles. The number of thioether (sulfide) groups is 1. The van der Waals surface area contributed by atoms with E-state index in [0.717, 1.165) is 21.7 Å². The van der Waals surface area contributed by atoms with Crippen molar-refractivity contribution in [1.82, 2.24) is 10.2 Å². The van der Waals surface area contributed by atoms with Crippen LogP contribution >= 0.6 is 23.1 Å². The molecule has 0 aliphatic carbocycles. The van der Waals surface area contributed by atoms with Crippen LogP contribution in [0.25, 0.3) is 0 Å². The molecule has 0 radical (unpaired) electrons. The van der Waals surface area contributed by atoms with Crippen molar-refractivity contribution in [3.05, 3.63) is 88.1 Å². The van der Waals surface area contributed by atoms with E-state index in [2.05, 4.69) is 5.32 Å². The number of nitrogens with zero attached hydrogens (tertiary/aromatic N) is 3. The first kappa shape index (κ1) is 21.6. The Morgan fingerprint density at radius 3 is 2.70 bits per heavy atom. The Balaban J connectivity index is 1.37.